The third-order valence-electron chi connectivity index (χ3n) is 9.62. The highest BCUT2D eigenvalue weighted by atomic mass is 19.3. The summed E-state index contributed by atoms with van der Waals surface area (Å²) in [6.07, 6.45) is 0.0495. The van der Waals surface area contributed by atoms with Crippen LogP contribution in [0.1, 0.15) is 106 Å². The van der Waals surface area contributed by atoms with Crippen molar-refractivity contribution in [1.29, 1.82) is 0 Å². The number of fused-ring (bicyclic) bond motifs is 1. The molecule has 9 nitrogen and oxygen atoms in total. The van der Waals surface area contributed by atoms with Crippen LogP contribution in [0.15, 0.2) is 55.0 Å². The molecule has 2 atom stereocenters. The first-order valence-corrected chi connectivity index (χ1v) is 18.7. The van der Waals surface area contributed by atoms with Crippen LogP contribution in [0.4, 0.5) is 22.0 Å². The smallest absolute Gasteiger partial charge is 0.490 e. The standard InChI is InChI=1S/C22H24F3N3O.C19H31BF2N2O3/c1-13(2)10-22(3,26)12-29-20-11-28-19(9-17(20)21(24)25)15-6-7-27-18-5-4-14(23)8-16(15)18;1-12(2)9-19(7,23)11-25-14-10-24-15(8-13(14)16(21)22)20-26-17(3,4)18(5,6)27-20/h4-9,11,13,21H,10,12,26H2,1-3H3;8,10,12,16H,9,11,23H2,1-7H3/t22-;19-/m00/s1. The molecule has 1 fully saturated rings. The van der Waals surface area contributed by atoms with E-state index in [4.69, 9.17) is 30.2 Å². The van der Waals surface area contributed by atoms with E-state index in [1.165, 1.54) is 48.9 Å². The van der Waals surface area contributed by atoms with Crippen LogP contribution in [-0.4, -0.2) is 57.6 Å². The molecule has 15 heteroatoms. The topological polar surface area (TPSA) is 128 Å². The first kappa shape index (κ1) is 44.8. The van der Waals surface area contributed by atoms with Crippen LogP contribution in [0.3, 0.4) is 0 Å². The van der Waals surface area contributed by atoms with Crippen LogP contribution < -0.4 is 26.5 Å². The number of nitrogens with zero attached hydrogens (tertiary/aromatic N) is 3. The molecular weight excluding hydrogens is 732 g/mol. The summed E-state index contributed by atoms with van der Waals surface area (Å²) < 4.78 is 91.4. The van der Waals surface area contributed by atoms with Gasteiger partial charge in [-0.2, -0.15) is 0 Å². The number of halogens is 5. The highest BCUT2D eigenvalue weighted by Gasteiger charge is 2.52. The summed E-state index contributed by atoms with van der Waals surface area (Å²) in [5.74, 6) is 0.318. The molecule has 4 heterocycles. The second kappa shape index (κ2) is 17.7. The summed E-state index contributed by atoms with van der Waals surface area (Å²) in [6, 6.07) is 8.34. The van der Waals surface area contributed by atoms with E-state index in [0.717, 1.165) is 6.42 Å². The second-order valence-electron chi connectivity index (χ2n) is 17.0. The molecule has 1 aliphatic heterocycles. The third kappa shape index (κ3) is 11.6. The number of nitrogens with two attached hydrogens (primary N) is 2. The Kier molecular flexibility index (Phi) is 14.2. The van der Waals surface area contributed by atoms with E-state index >= 15 is 0 Å². The van der Waals surface area contributed by atoms with Gasteiger partial charge in [-0.3, -0.25) is 15.0 Å². The molecule has 4 N–H and O–H groups in total. The fourth-order valence-electron chi connectivity index (χ4n) is 6.57. The first-order valence-electron chi connectivity index (χ1n) is 18.7. The Labute approximate surface area is 327 Å². The van der Waals surface area contributed by atoms with Gasteiger partial charge >= 0.3 is 7.12 Å². The summed E-state index contributed by atoms with van der Waals surface area (Å²) in [5, 5.41) is 0.500. The van der Waals surface area contributed by atoms with Gasteiger partial charge in [0.25, 0.3) is 12.9 Å². The van der Waals surface area contributed by atoms with Crippen molar-refractivity contribution >= 4 is 23.6 Å². The number of aromatic nitrogens is 3. The number of benzene rings is 1. The predicted octanol–water partition coefficient (Wildman–Crippen LogP) is 8.98. The van der Waals surface area contributed by atoms with E-state index in [1.54, 1.807) is 6.07 Å². The molecule has 0 bridgehead atoms. The minimum absolute atomic E-state index is 0.00581. The van der Waals surface area contributed by atoms with Crippen molar-refractivity contribution in [1.82, 2.24) is 15.0 Å². The highest BCUT2D eigenvalue weighted by Crippen LogP contribution is 2.38. The highest BCUT2D eigenvalue weighted by molar-refractivity contribution is 6.61. The molecule has 0 unspecified atom stereocenters. The molecule has 4 aromatic rings. The SMILES string of the molecule is CC(C)C[C@](C)(N)COc1cnc(-c2ccnc3ccc(F)cc23)cc1C(F)F.CC(C)C[C@](C)(N)COc1cnc(B2OC(C)(C)C(C)(C)O2)cc1C(F)F. The summed E-state index contributed by atoms with van der Waals surface area (Å²) in [7, 11) is -0.803. The summed E-state index contributed by atoms with van der Waals surface area (Å²) in [5.41, 5.74) is 11.2. The summed E-state index contributed by atoms with van der Waals surface area (Å²) >= 11 is 0. The molecular formula is C41H55BF5N5O4. The fraction of sp³-hybridized carbons (Fsp3) is 0.537. The lowest BCUT2D eigenvalue weighted by molar-refractivity contribution is 0.00578. The van der Waals surface area contributed by atoms with Gasteiger partial charge in [0.15, 0.2) is 0 Å². The second-order valence-corrected chi connectivity index (χ2v) is 17.0. The van der Waals surface area contributed by atoms with Gasteiger partial charge in [-0.05, 0) is 103 Å². The maximum Gasteiger partial charge on any atom is 0.514 e. The van der Waals surface area contributed by atoms with Gasteiger partial charge in [-0.1, -0.05) is 27.7 Å². The average Bonchev–Trinajstić information content (AvgIpc) is 3.31. The summed E-state index contributed by atoms with van der Waals surface area (Å²) in [6.45, 7) is 19.7. The van der Waals surface area contributed by atoms with Crippen LogP contribution >= 0.6 is 0 Å². The number of alkyl halides is 4. The van der Waals surface area contributed by atoms with E-state index in [0.29, 0.717) is 46.0 Å². The minimum atomic E-state index is -2.76. The molecule has 5 rings (SSSR count). The quantitative estimate of drug-likeness (QED) is 0.0951. The molecule has 0 spiro atoms. The van der Waals surface area contributed by atoms with Gasteiger partial charge in [-0.15, -0.1) is 0 Å². The van der Waals surface area contributed by atoms with Crippen molar-refractivity contribution in [3.63, 3.8) is 0 Å². The van der Waals surface area contributed by atoms with E-state index in [-0.39, 0.29) is 35.8 Å². The Bertz CT molecular complexity index is 1930. The lowest BCUT2D eigenvalue weighted by Gasteiger charge is -2.32. The molecule has 0 saturated carbocycles. The Morgan fingerprint density at radius 1 is 0.732 bits per heavy atom. The maximum atomic E-state index is 13.7. The van der Waals surface area contributed by atoms with Crippen molar-refractivity contribution in [2.24, 2.45) is 23.3 Å². The minimum Gasteiger partial charge on any atom is -0.490 e. The van der Waals surface area contributed by atoms with Gasteiger partial charge in [0, 0.05) is 28.2 Å². The number of hydrogen-bond donors (Lipinski definition) is 2. The van der Waals surface area contributed by atoms with Crippen molar-refractivity contribution < 1.29 is 40.7 Å². The molecule has 0 aliphatic carbocycles. The molecule has 1 aromatic carbocycles. The van der Waals surface area contributed by atoms with Crippen LogP contribution in [0, 0.1) is 17.7 Å². The van der Waals surface area contributed by atoms with Gasteiger partial charge in [0.05, 0.1) is 51.5 Å². The third-order valence-corrected chi connectivity index (χ3v) is 9.62. The molecule has 0 radical (unpaired) electrons. The van der Waals surface area contributed by atoms with Gasteiger partial charge in [0.1, 0.15) is 30.5 Å². The largest absolute Gasteiger partial charge is 0.514 e. The average molecular weight is 788 g/mol. The van der Waals surface area contributed by atoms with Crippen molar-refractivity contribution in [3.8, 4) is 22.8 Å². The fourth-order valence-corrected chi connectivity index (χ4v) is 6.57. The Morgan fingerprint density at radius 3 is 1.73 bits per heavy atom. The van der Waals surface area contributed by atoms with Crippen molar-refractivity contribution in [2.75, 3.05) is 13.2 Å². The zero-order valence-electron chi connectivity index (χ0n) is 33.9. The monoisotopic (exact) mass is 787 g/mol. The van der Waals surface area contributed by atoms with Gasteiger partial charge < -0.3 is 30.2 Å². The molecule has 3 aromatic heterocycles. The van der Waals surface area contributed by atoms with Crippen LogP contribution in [0.25, 0.3) is 22.2 Å². The molecule has 1 saturated heterocycles. The number of ether oxygens (including phenoxy) is 2. The molecule has 306 valence electrons. The van der Waals surface area contributed by atoms with E-state index < -0.39 is 48.1 Å². The van der Waals surface area contributed by atoms with Gasteiger partial charge in [-0.25, -0.2) is 22.0 Å². The van der Waals surface area contributed by atoms with Crippen molar-refractivity contribution in [3.05, 3.63) is 71.9 Å². The lowest BCUT2D eigenvalue weighted by Crippen LogP contribution is -2.43. The van der Waals surface area contributed by atoms with Crippen LogP contribution in [-0.2, 0) is 9.31 Å². The normalized spacial score (nSPS) is 17.3. The Morgan fingerprint density at radius 2 is 1.23 bits per heavy atom. The Hall–Kier alpha value is -3.92. The number of hydrogen-bond acceptors (Lipinski definition) is 9. The summed E-state index contributed by atoms with van der Waals surface area (Å²) in [4.78, 5) is 12.7. The van der Waals surface area contributed by atoms with E-state index in [9.17, 15) is 22.0 Å². The van der Waals surface area contributed by atoms with E-state index in [2.05, 4.69) is 28.8 Å². The maximum absolute atomic E-state index is 13.7. The first-order chi connectivity index (χ1) is 25.9. The molecule has 0 amide bonds. The van der Waals surface area contributed by atoms with Gasteiger partial charge in [0.2, 0.25) is 0 Å². The predicted molar refractivity (Wildman–Crippen MR) is 210 cm³/mol. The number of rotatable bonds is 14. The number of pyridine rings is 3. The zero-order chi connectivity index (χ0) is 41.8. The van der Waals surface area contributed by atoms with Crippen molar-refractivity contribution in [2.45, 2.75) is 117 Å². The lowest BCUT2D eigenvalue weighted by atomic mass is 9.83. The van der Waals surface area contributed by atoms with Crippen LogP contribution in [0.2, 0.25) is 0 Å². The molecule has 56 heavy (non-hydrogen) atoms. The van der Waals surface area contributed by atoms with Crippen LogP contribution in [0.5, 0.6) is 11.5 Å². The zero-order valence-corrected chi connectivity index (χ0v) is 33.9. The Balaban J connectivity index is 0.000000249. The van der Waals surface area contributed by atoms with E-state index in [1.807, 2.05) is 55.4 Å². The molecule has 1 aliphatic rings.